The van der Waals surface area contributed by atoms with E-state index in [0.29, 0.717) is 0 Å². The third-order valence-corrected chi connectivity index (χ3v) is 5.97. The number of amides is 1. The van der Waals surface area contributed by atoms with Crippen LogP contribution in [0.2, 0.25) is 0 Å². The summed E-state index contributed by atoms with van der Waals surface area (Å²) in [6, 6.07) is 30.2. The number of alkyl carbamates (subject to hydrolysis) is 1. The lowest BCUT2D eigenvalue weighted by Crippen LogP contribution is -2.30. The third kappa shape index (κ3) is 3.66. The fourth-order valence-corrected chi connectivity index (χ4v) is 4.48. The number of aliphatic hydroxyl groups excluding tert-OH is 1. The van der Waals surface area contributed by atoms with Crippen molar-refractivity contribution in [3.63, 3.8) is 0 Å². The molecule has 2 N–H and O–H groups in total. The second-order valence-corrected chi connectivity index (χ2v) is 7.79. The van der Waals surface area contributed by atoms with E-state index in [1.165, 1.54) is 22.3 Å². The molecule has 1 aliphatic rings. The molecule has 4 nitrogen and oxygen atoms in total. The third-order valence-electron chi connectivity index (χ3n) is 5.97. The average Bonchev–Trinajstić information content (AvgIpc) is 3.14. The Morgan fingerprint density at radius 1 is 0.839 bits per heavy atom. The highest BCUT2D eigenvalue weighted by Crippen LogP contribution is 2.44. The van der Waals surface area contributed by atoms with Crippen molar-refractivity contribution in [2.45, 2.75) is 12.0 Å². The largest absolute Gasteiger partial charge is 0.449 e. The van der Waals surface area contributed by atoms with E-state index in [1.807, 2.05) is 66.7 Å². The fraction of sp³-hybridized carbons (Fsp3) is 0.148. The number of fused-ring (bicyclic) bond motifs is 4. The first-order chi connectivity index (χ1) is 15.2. The Hall–Kier alpha value is -3.63. The van der Waals surface area contributed by atoms with Gasteiger partial charge in [0, 0.05) is 5.92 Å². The molecular weight excluding hydrogens is 386 g/mol. The van der Waals surface area contributed by atoms with Gasteiger partial charge in [-0.2, -0.15) is 0 Å². The molecule has 0 fully saturated rings. The zero-order valence-corrected chi connectivity index (χ0v) is 17.0. The summed E-state index contributed by atoms with van der Waals surface area (Å²) in [6.07, 6.45) is -1.34. The van der Waals surface area contributed by atoms with E-state index < -0.39 is 12.2 Å². The van der Waals surface area contributed by atoms with E-state index in [1.54, 1.807) is 0 Å². The second kappa shape index (κ2) is 8.25. The molecular formula is C27H23NO3. The van der Waals surface area contributed by atoms with E-state index in [0.717, 1.165) is 16.3 Å². The lowest BCUT2D eigenvalue weighted by molar-refractivity contribution is 0.129. The molecule has 0 radical (unpaired) electrons. The molecule has 0 heterocycles. The second-order valence-electron chi connectivity index (χ2n) is 7.79. The van der Waals surface area contributed by atoms with Crippen LogP contribution in [0, 0.1) is 0 Å². The number of carbonyl (C=O) groups excluding carboxylic acids is 1. The van der Waals surface area contributed by atoms with Crippen molar-refractivity contribution in [3.8, 4) is 11.1 Å². The molecule has 154 valence electrons. The first-order valence-electron chi connectivity index (χ1n) is 10.5. The van der Waals surface area contributed by atoms with Crippen molar-refractivity contribution in [1.82, 2.24) is 5.32 Å². The summed E-state index contributed by atoms with van der Waals surface area (Å²) in [6.45, 7) is 0.342. The van der Waals surface area contributed by atoms with Gasteiger partial charge in [0.1, 0.15) is 6.61 Å². The molecule has 4 aromatic rings. The quantitative estimate of drug-likeness (QED) is 0.463. The van der Waals surface area contributed by atoms with E-state index in [4.69, 9.17) is 4.74 Å². The average molecular weight is 409 g/mol. The molecule has 4 aromatic carbocycles. The maximum atomic E-state index is 12.4. The number of aliphatic hydroxyl groups is 1. The first-order valence-corrected chi connectivity index (χ1v) is 10.5. The van der Waals surface area contributed by atoms with Gasteiger partial charge in [-0.05, 0) is 38.6 Å². The predicted molar refractivity (Wildman–Crippen MR) is 122 cm³/mol. The summed E-state index contributed by atoms with van der Waals surface area (Å²) in [5.41, 5.74) is 5.52. The van der Waals surface area contributed by atoms with Gasteiger partial charge in [-0.3, -0.25) is 0 Å². The molecule has 1 amide bonds. The van der Waals surface area contributed by atoms with Gasteiger partial charge in [-0.1, -0.05) is 91.0 Å². The number of carbonyl (C=O) groups is 1. The molecule has 1 unspecified atom stereocenters. The van der Waals surface area contributed by atoms with Gasteiger partial charge < -0.3 is 15.2 Å². The van der Waals surface area contributed by atoms with Crippen LogP contribution in [0.3, 0.4) is 0 Å². The summed E-state index contributed by atoms with van der Waals surface area (Å²) in [5, 5.41) is 15.4. The monoisotopic (exact) mass is 409 g/mol. The topological polar surface area (TPSA) is 58.6 Å². The van der Waals surface area contributed by atoms with Gasteiger partial charge in [-0.25, -0.2) is 4.79 Å². The highest BCUT2D eigenvalue weighted by atomic mass is 16.5. The summed E-state index contributed by atoms with van der Waals surface area (Å²) in [7, 11) is 0. The minimum Gasteiger partial charge on any atom is -0.449 e. The van der Waals surface area contributed by atoms with Crippen LogP contribution in [-0.4, -0.2) is 24.4 Å². The maximum Gasteiger partial charge on any atom is 0.407 e. The highest BCUT2D eigenvalue weighted by Gasteiger charge is 2.29. The minimum absolute atomic E-state index is 0.0149. The van der Waals surface area contributed by atoms with E-state index in [2.05, 4.69) is 29.6 Å². The molecule has 4 heteroatoms. The summed E-state index contributed by atoms with van der Waals surface area (Å²) >= 11 is 0. The Kier molecular flexibility index (Phi) is 5.14. The Morgan fingerprint density at radius 2 is 1.45 bits per heavy atom. The van der Waals surface area contributed by atoms with Gasteiger partial charge in [-0.15, -0.1) is 0 Å². The Labute approximate surface area is 181 Å². The number of nitrogens with one attached hydrogen (secondary N) is 1. The number of hydrogen-bond acceptors (Lipinski definition) is 3. The summed E-state index contributed by atoms with van der Waals surface area (Å²) < 4.78 is 5.55. The van der Waals surface area contributed by atoms with Gasteiger partial charge in [0.25, 0.3) is 0 Å². The number of rotatable bonds is 5. The van der Waals surface area contributed by atoms with Crippen molar-refractivity contribution in [2.24, 2.45) is 0 Å². The fourth-order valence-electron chi connectivity index (χ4n) is 4.48. The van der Waals surface area contributed by atoms with Crippen LogP contribution in [0.1, 0.15) is 28.7 Å². The molecule has 0 aliphatic heterocycles. The highest BCUT2D eigenvalue weighted by molar-refractivity contribution is 5.86. The zero-order chi connectivity index (χ0) is 21.2. The summed E-state index contributed by atoms with van der Waals surface area (Å²) in [5.74, 6) is 0.0149. The van der Waals surface area contributed by atoms with Crippen LogP contribution in [-0.2, 0) is 4.74 Å². The van der Waals surface area contributed by atoms with Crippen molar-refractivity contribution >= 4 is 16.9 Å². The molecule has 0 saturated carbocycles. The van der Waals surface area contributed by atoms with Crippen LogP contribution in [0.4, 0.5) is 4.79 Å². The molecule has 0 aromatic heterocycles. The lowest BCUT2D eigenvalue weighted by atomic mass is 9.98. The molecule has 31 heavy (non-hydrogen) atoms. The molecule has 0 bridgehead atoms. The van der Waals surface area contributed by atoms with Gasteiger partial charge >= 0.3 is 6.09 Å². The smallest absolute Gasteiger partial charge is 0.407 e. The SMILES string of the molecule is O=C(NCC(O)c1cccc2ccccc12)OCC1c2ccccc2-c2ccccc21. The number of hydrogen-bond donors (Lipinski definition) is 2. The van der Waals surface area contributed by atoms with Gasteiger partial charge in [0.2, 0.25) is 0 Å². The first kappa shape index (κ1) is 19.3. The van der Waals surface area contributed by atoms with Crippen molar-refractivity contribution in [1.29, 1.82) is 0 Å². The number of benzene rings is 4. The van der Waals surface area contributed by atoms with E-state index in [9.17, 15) is 9.90 Å². The predicted octanol–water partition coefficient (Wildman–Crippen LogP) is 5.41. The van der Waals surface area contributed by atoms with Crippen LogP contribution < -0.4 is 5.32 Å². The van der Waals surface area contributed by atoms with Crippen LogP contribution in [0.15, 0.2) is 91.0 Å². The molecule has 1 atom stereocenters. The standard InChI is InChI=1S/C27H23NO3/c29-26(24-15-7-9-18-8-1-2-10-19(18)24)16-28-27(30)31-17-25-22-13-5-3-11-20(22)21-12-4-6-14-23(21)25/h1-15,25-26,29H,16-17H2,(H,28,30). The number of ether oxygens (including phenoxy) is 1. The van der Waals surface area contributed by atoms with E-state index in [-0.39, 0.29) is 19.1 Å². The molecule has 5 rings (SSSR count). The van der Waals surface area contributed by atoms with Gasteiger partial charge in [0.05, 0.1) is 12.6 Å². The van der Waals surface area contributed by atoms with Crippen LogP contribution >= 0.6 is 0 Å². The normalized spacial score (nSPS) is 13.5. The van der Waals surface area contributed by atoms with E-state index >= 15 is 0 Å². The zero-order valence-electron chi connectivity index (χ0n) is 17.0. The van der Waals surface area contributed by atoms with Crippen molar-refractivity contribution < 1.29 is 14.6 Å². The molecule has 0 saturated heterocycles. The molecule has 0 spiro atoms. The Balaban J connectivity index is 1.24. The minimum atomic E-state index is -0.813. The van der Waals surface area contributed by atoms with Gasteiger partial charge in [0.15, 0.2) is 0 Å². The molecule has 1 aliphatic carbocycles. The van der Waals surface area contributed by atoms with Crippen LogP contribution in [0.5, 0.6) is 0 Å². The van der Waals surface area contributed by atoms with Crippen molar-refractivity contribution in [3.05, 3.63) is 108 Å². The van der Waals surface area contributed by atoms with Crippen molar-refractivity contribution in [2.75, 3.05) is 13.2 Å². The summed E-state index contributed by atoms with van der Waals surface area (Å²) in [4.78, 5) is 12.4. The Bertz CT molecular complexity index is 1200. The van der Waals surface area contributed by atoms with Crippen LogP contribution in [0.25, 0.3) is 21.9 Å². The maximum absolute atomic E-state index is 12.4. The lowest BCUT2D eigenvalue weighted by Gasteiger charge is -2.17. The Morgan fingerprint density at radius 3 is 2.19 bits per heavy atom.